The van der Waals surface area contributed by atoms with Crippen molar-refractivity contribution in [3.8, 4) is 22.6 Å². The standard InChI is InChI=1S/C27H27ClF3N9O2/c1-26(2)13-40(8-7-36-26)25(42)16-5-3-14(9-17(16)28)10-35-24(41)23-34-12-19(37-23)20-21(18-6-4-15(32)11-33-18)38-39-22(20)27(29,30)31/h3-6,9,11-12,36H,7-8,10,13,32H2,1-2H3,(H,34,37)(H,35,41)(H,38,39). The van der Waals surface area contributed by atoms with Gasteiger partial charge in [-0.2, -0.15) is 18.3 Å². The number of halogens is 4. The van der Waals surface area contributed by atoms with Gasteiger partial charge in [0.15, 0.2) is 11.5 Å². The number of H-pyrrole nitrogens is 2. The van der Waals surface area contributed by atoms with Gasteiger partial charge in [0, 0.05) is 31.7 Å². The number of nitrogen functional groups attached to an aromatic ring is 1. The number of piperazine rings is 1. The normalized spacial score (nSPS) is 15.0. The Morgan fingerprint density at radius 3 is 2.62 bits per heavy atom. The number of nitrogens with one attached hydrogen (secondary N) is 4. The van der Waals surface area contributed by atoms with Crippen LogP contribution in [0.3, 0.4) is 0 Å². The van der Waals surface area contributed by atoms with Gasteiger partial charge in [0.1, 0.15) is 0 Å². The first-order chi connectivity index (χ1) is 19.8. The third kappa shape index (κ3) is 6.09. The first-order valence-corrected chi connectivity index (χ1v) is 13.2. The molecule has 2 amide bonds. The summed E-state index contributed by atoms with van der Waals surface area (Å²) in [6.45, 7) is 5.83. The summed E-state index contributed by atoms with van der Waals surface area (Å²) in [4.78, 5) is 38.3. The van der Waals surface area contributed by atoms with Crippen LogP contribution >= 0.6 is 11.6 Å². The highest BCUT2D eigenvalue weighted by atomic mass is 35.5. The van der Waals surface area contributed by atoms with Crippen molar-refractivity contribution in [2.75, 3.05) is 25.4 Å². The van der Waals surface area contributed by atoms with Crippen LogP contribution in [0, 0.1) is 0 Å². The van der Waals surface area contributed by atoms with Gasteiger partial charge in [-0.15, -0.1) is 0 Å². The molecule has 0 unspecified atom stereocenters. The van der Waals surface area contributed by atoms with Crippen molar-refractivity contribution in [2.45, 2.75) is 32.1 Å². The molecule has 220 valence electrons. The van der Waals surface area contributed by atoms with Crippen molar-refractivity contribution < 1.29 is 22.8 Å². The molecule has 42 heavy (non-hydrogen) atoms. The number of pyridine rings is 1. The Morgan fingerprint density at radius 2 is 1.95 bits per heavy atom. The fourth-order valence-electron chi connectivity index (χ4n) is 4.70. The van der Waals surface area contributed by atoms with Gasteiger partial charge >= 0.3 is 6.18 Å². The Kier molecular flexibility index (Phi) is 7.68. The van der Waals surface area contributed by atoms with Crippen molar-refractivity contribution in [1.82, 2.24) is 40.7 Å². The highest BCUT2D eigenvalue weighted by molar-refractivity contribution is 6.33. The van der Waals surface area contributed by atoms with Crippen LogP contribution in [0.4, 0.5) is 18.9 Å². The largest absolute Gasteiger partial charge is 0.435 e. The predicted octanol–water partition coefficient (Wildman–Crippen LogP) is 3.87. The monoisotopic (exact) mass is 601 g/mol. The third-order valence-electron chi connectivity index (χ3n) is 6.71. The Labute approximate surface area is 243 Å². The quantitative estimate of drug-likeness (QED) is 0.224. The highest BCUT2D eigenvalue weighted by Crippen LogP contribution is 2.40. The van der Waals surface area contributed by atoms with Crippen LogP contribution in [0.15, 0.2) is 42.7 Å². The number of anilines is 1. The minimum atomic E-state index is -4.79. The second-order valence-electron chi connectivity index (χ2n) is 10.5. The summed E-state index contributed by atoms with van der Waals surface area (Å²) in [7, 11) is 0. The molecule has 1 aromatic carbocycles. The molecule has 0 saturated carbocycles. The molecule has 5 rings (SSSR count). The number of rotatable bonds is 6. The number of alkyl halides is 3. The van der Waals surface area contributed by atoms with Crippen molar-refractivity contribution in [1.29, 1.82) is 0 Å². The second-order valence-corrected chi connectivity index (χ2v) is 10.9. The van der Waals surface area contributed by atoms with Gasteiger partial charge in [-0.05, 0) is 43.7 Å². The summed E-state index contributed by atoms with van der Waals surface area (Å²) in [5, 5.41) is 12.1. The second kappa shape index (κ2) is 11.1. The molecule has 11 nitrogen and oxygen atoms in total. The van der Waals surface area contributed by atoms with Crippen molar-refractivity contribution in [2.24, 2.45) is 0 Å². The first-order valence-electron chi connectivity index (χ1n) is 12.9. The summed E-state index contributed by atoms with van der Waals surface area (Å²) in [6, 6.07) is 7.81. The van der Waals surface area contributed by atoms with E-state index in [-0.39, 0.29) is 51.5 Å². The molecule has 0 aliphatic carbocycles. The number of hydrogen-bond acceptors (Lipinski definition) is 7. The summed E-state index contributed by atoms with van der Waals surface area (Å²) in [6.07, 6.45) is -2.37. The zero-order chi connectivity index (χ0) is 30.2. The minimum absolute atomic E-state index is 0.0217. The van der Waals surface area contributed by atoms with E-state index in [1.165, 1.54) is 18.3 Å². The maximum atomic E-state index is 13.8. The fourth-order valence-corrected chi connectivity index (χ4v) is 4.99. The zero-order valence-corrected chi connectivity index (χ0v) is 23.3. The van der Waals surface area contributed by atoms with E-state index in [0.717, 1.165) is 6.20 Å². The topological polar surface area (TPSA) is 158 Å². The average Bonchev–Trinajstić information content (AvgIpc) is 3.59. The number of carbonyl (C=O) groups excluding carboxylic acids is 2. The molecule has 0 radical (unpaired) electrons. The van der Waals surface area contributed by atoms with Crippen molar-refractivity contribution in [3.63, 3.8) is 0 Å². The van der Waals surface area contributed by atoms with E-state index in [1.54, 1.807) is 23.1 Å². The van der Waals surface area contributed by atoms with E-state index in [9.17, 15) is 22.8 Å². The van der Waals surface area contributed by atoms with Gasteiger partial charge in [0.05, 0.1) is 51.3 Å². The SMILES string of the molecule is CC1(C)CN(C(=O)c2ccc(CNC(=O)c3ncc(-c4c(C(F)(F)F)n[nH]c4-c4ccc(N)cn4)[nH]3)cc2Cl)CCN1. The van der Waals surface area contributed by atoms with E-state index in [0.29, 0.717) is 36.4 Å². The van der Waals surface area contributed by atoms with E-state index >= 15 is 0 Å². The maximum Gasteiger partial charge on any atom is 0.435 e. The summed E-state index contributed by atoms with van der Waals surface area (Å²) < 4.78 is 41.3. The molecule has 1 aliphatic heterocycles. The molecular weight excluding hydrogens is 575 g/mol. The summed E-state index contributed by atoms with van der Waals surface area (Å²) in [5.41, 5.74) is 5.27. The lowest BCUT2D eigenvalue weighted by Gasteiger charge is -2.39. The summed E-state index contributed by atoms with van der Waals surface area (Å²) in [5.74, 6) is -1.06. The van der Waals surface area contributed by atoms with Crippen LogP contribution in [0.25, 0.3) is 22.6 Å². The van der Waals surface area contributed by atoms with Crippen LogP contribution < -0.4 is 16.4 Å². The lowest BCUT2D eigenvalue weighted by molar-refractivity contribution is -0.140. The number of nitrogens with zero attached hydrogens (tertiary/aromatic N) is 4. The first kappa shape index (κ1) is 29.1. The Balaban J connectivity index is 1.31. The lowest BCUT2D eigenvalue weighted by atomic mass is 10.0. The number of hydrogen-bond donors (Lipinski definition) is 5. The number of benzene rings is 1. The van der Waals surface area contributed by atoms with E-state index < -0.39 is 17.8 Å². The Hall–Kier alpha value is -4.43. The van der Waals surface area contributed by atoms with Crippen LogP contribution in [0.2, 0.25) is 5.02 Å². The Bertz CT molecular complexity index is 1630. The average molecular weight is 602 g/mol. The molecule has 0 bridgehead atoms. The number of aromatic nitrogens is 5. The smallest absolute Gasteiger partial charge is 0.397 e. The predicted molar refractivity (Wildman–Crippen MR) is 149 cm³/mol. The highest BCUT2D eigenvalue weighted by Gasteiger charge is 2.39. The van der Waals surface area contributed by atoms with Crippen LogP contribution in [-0.2, 0) is 12.7 Å². The molecule has 1 fully saturated rings. The van der Waals surface area contributed by atoms with Gasteiger partial charge in [0.2, 0.25) is 0 Å². The molecular formula is C27H27ClF3N9O2. The Morgan fingerprint density at radius 1 is 1.17 bits per heavy atom. The fraction of sp³-hybridized carbons (Fsp3) is 0.296. The number of carbonyl (C=O) groups is 2. The lowest BCUT2D eigenvalue weighted by Crippen LogP contribution is -2.58. The molecule has 6 N–H and O–H groups in total. The minimum Gasteiger partial charge on any atom is -0.397 e. The molecule has 4 heterocycles. The van der Waals surface area contributed by atoms with Crippen LogP contribution in [-0.4, -0.2) is 67.0 Å². The van der Waals surface area contributed by atoms with Gasteiger partial charge in [-0.3, -0.25) is 19.7 Å². The van der Waals surface area contributed by atoms with Gasteiger partial charge < -0.3 is 26.3 Å². The molecule has 4 aromatic rings. The van der Waals surface area contributed by atoms with Gasteiger partial charge in [0.25, 0.3) is 11.8 Å². The number of nitrogens with two attached hydrogens (primary N) is 1. The number of aromatic amines is 2. The van der Waals surface area contributed by atoms with E-state index in [4.69, 9.17) is 17.3 Å². The molecule has 15 heteroatoms. The van der Waals surface area contributed by atoms with E-state index in [2.05, 4.69) is 35.8 Å². The molecule has 1 saturated heterocycles. The summed E-state index contributed by atoms with van der Waals surface area (Å²) >= 11 is 6.43. The van der Waals surface area contributed by atoms with Gasteiger partial charge in [-0.25, -0.2) is 4.98 Å². The molecule has 1 aliphatic rings. The van der Waals surface area contributed by atoms with Crippen LogP contribution in [0.1, 0.15) is 46.1 Å². The van der Waals surface area contributed by atoms with Crippen LogP contribution in [0.5, 0.6) is 0 Å². The molecule has 0 atom stereocenters. The zero-order valence-electron chi connectivity index (χ0n) is 22.6. The molecule has 0 spiro atoms. The third-order valence-corrected chi connectivity index (χ3v) is 7.03. The maximum absolute atomic E-state index is 13.8. The molecule has 3 aromatic heterocycles. The van der Waals surface area contributed by atoms with Crippen molar-refractivity contribution >= 4 is 29.1 Å². The number of amides is 2. The number of imidazole rings is 1. The van der Waals surface area contributed by atoms with E-state index in [1.807, 2.05) is 13.8 Å². The van der Waals surface area contributed by atoms with Gasteiger partial charge in [-0.1, -0.05) is 17.7 Å². The van der Waals surface area contributed by atoms with Crippen molar-refractivity contribution in [3.05, 3.63) is 70.4 Å².